The molecule has 3 aromatic rings. The summed E-state index contributed by atoms with van der Waals surface area (Å²) in [6.07, 6.45) is -0.141. The normalized spacial score (nSPS) is 15.4. The number of benzene rings is 2. The Morgan fingerprint density at radius 2 is 1.90 bits per heavy atom. The van der Waals surface area contributed by atoms with Crippen LogP contribution in [0.15, 0.2) is 72.3 Å². The Hall–Kier alpha value is -3.76. The second-order valence-electron chi connectivity index (χ2n) is 9.53. The number of rotatable bonds is 10. The molecule has 6 nitrogen and oxygen atoms in total. The molecule has 39 heavy (non-hydrogen) atoms. The lowest BCUT2D eigenvalue weighted by molar-refractivity contribution is -0.141. The van der Waals surface area contributed by atoms with Crippen molar-refractivity contribution in [2.75, 3.05) is 18.5 Å². The van der Waals surface area contributed by atoms with Crippen molar-refractivity contribution in [3.8, 4) is 0 Å². The van der Waals surface area contributed by atoms with Gasteiger partial charge in [-0.2, -0.15) is 18.3 Å². The summed E-state index contributed by atoms with van der Waals surface area (Å²) in [7, 11) is 0. The number of nitrogens with zero attached hydrogens (tertiary/aromatic N) is 2. The number of allylic oxidation sites excluding steroid dienone is 3. The molecule has 0 spiro atoms. The molecule has 1 unspecified atom stereocenters. The minimum Gasteiger partial charge on any atom is -0.368 e. The molecule has 206 valence electrons. The number of carbonyl (C=O) groups is 1. The summed E-state index contributed by atoms with van der Waals surface area (Å²) in [5, 5.41) is 6.17. The number of carbonyl (C=O) groups excluding carboxylic acids is 1. The Morgan fingerprint density at radius 3 is 2.51 bits per heavy atom. The molecule has 1 heterocycles. The van der Waals surface area contributed by atoms with Gasteiger partial charge >= 0.3 is 6.18 Å². The lowest BCUT2D eigenvalue weighted by Crippen LogP contribution is -2.18. The van der Waals surface area contributed by atoms with E-state index in [9.17, 15) is 22.4 Å². The van der Waals surface area contributed by atoms with Gasteiger partial charge in [0.15, 0.2) is 5.69 Å². The Labute approximate surface area is 224 Å². The zero-order valence-corrected chi connectivity index (χ0v) is 21.6. The fourth-order valence-electron chi connectivity index (χ4n) is 4.02. The van der Waals surface area contributed by atoms with Crippen molar-refractivity contribution >= 4 is 17.3 Å². The van der Waals surface area contributed by atoms with Gasteiger partial charge in [0, 0.05) is 18.3 Å². The fourth-order valence-corrected chi connectivity index (χ4v) is 4.02. The van der Waals surface area contributed by atoms with Crippen LogP contribution in [0.4, 0.5) is 23.2 Å². The van der Waals surface area contributed by atoms with E-state index >= 15 is 0 Å². The number of anilines is 1. The Bertz CT molecular complexity index is 1380. The summed E-state index contributed by atoms with van der Waals surface area (Å²) in [4.78, 5) is 13.3. The highest BCUT2D eigenvalue weighted by molar-refractivity contribution is 6.04. The van der Waals surface area contributed by atoms with Gasteiger partial charge in [-0.3, -0.25) is 4.79 Å². The van der Waals surface area contributed by atoms with Crippen LogP contribution >= 0.6 is 0 Å². The lowest BCUT2D eigenvalue weighted by atomic mass is 10.0. The Kier molecular flexibility index (Phi) is 8.66. The summed E-state index contributed by atoms with van der Waals surface area (Å²) in [6, 6.07) is 14.0. The van der Waals surface area contributed by atoms with Crippen LogP contribution < -0.4 is 11.1 Å². The number of hydrogen-bond acceptors (Lipinski definition) is 4. The predicted molar refractivity (Wildman–Crippen MR) is 141 cm³/mol. The molecule has 1 fully saturated rings. The highest BCUT2D eigenvalue weighted by Crippen LogP contribution is 2.35. The molecule has 3 N–H and O–H groups in total. The molecule has 1 aliphatic rings. The van der Waals surface area contributed by atoms with Crippen LogP contribution in [0.25, 0.3) is 5.70 Å². The van der Waals surface area contributed by atoms with Crippen LogP contribution in [0.5, 0.6) is 0 Å². The molecule has 1 saturated carbocycles. The van der Waals surface area contributed by atoms with Gasteiger partial charge in [0.05, 0.1) is 12.3 Å². The average molecular weight is 543 g/mol. The van der Waals surface area contributed by atoms with Gasteiger partial charge < -0.3 is 15.8 Å². The number of alkyl halides is 3. The van der Waals surface area contributed by atoms with Gasteiger partial charge in [0.2, 0.25) is 0 Å². The van der Waals surface area contributed by atoms with Gasteiger partial charge in [0.25, 0.3) is 5.91 Å². The zero-order chi connectivity index (χ0) is 28.2. The van der Waals surface area contributed by atoms with E-state index in [1.165, 1.54) is 12.1 Å². The minimum absolute atomic E-state index is 0.0722. The first kappa shape index (κ1) is 28.3. The van der Waals surface area contributed by atoms with E-state index in [0.29, 0.717) is 29.7 Å². The Balaban J connectivity index is 1.68. The average Bonchev–Trinajstić information content (AvgIpc) is 3.61. The van der Waals surface area contributed by atoms with Gasteiger partial charge in [-0.05, 0) is 68.0 Å². The number of nitrogens with two attached hydrogens (primary N) is 1. The lowest BCUT2D eigenvalue weighted by Gasteiger charge is -2.20. The number of nitrogens with one attached hydrogen (secondary N) is 1. The van der Waals surface area contributed by atoms with Crippen molar-refractivity contribution < 1.29 is 27.1 Å². The standard InChI is InChI=1S/C29H30F4N4O2/c1-3-24(11-18(2)16-34)37-25(15-26(36-37)29(31,32)33)28(38)35-23-13-21(12-22(30)14-23)27(39-17-19-9-10-19)20-7-5-4-6-8-20/h3-8,11-15,19,27H,9-10,16-17,34H2,1-2H3,(H,35,38)/b18-11+,24-3+. The first-order chi connectivity index (χ1) is 18.6. The highest BCUT2D eigenvalue weighted by atomic mass is 19.4. The molecule has 0 aliphatic heterocycles. The second kappa shape index (κ2) is 12.0. The number of aromatic nitrogens is 2. The first-order valence-corrected chi connectivity index (χ1v) is 12.6. The fraction of sp³-hybridized carbons (Fsp3) is 0.310. The van der Waals surface area contributed by atoms with E-state index in [1.54, 1.807) is 26.0 Å². The maximum Gasteiger partial charge on any atom is 0.435 e. The van der Waals surface area contributed by atoms with Gasteiger partial charge in [-0.25, -0.2) is 9.07 Å². The van der Waals surface area contributed by atoms with Crippen molar-refractivity contribution in [1.82, 2.24) is 9.78 Å². The molecule has 1 amide bonds. The molecule has 1 atom stereocenters. The topological polar surface area (TPSA) is 82.2 Å². The Morgan fingerprint density at radius 1 is 1.18 bits per heavy atom. The van der Waals surface area contributed by atoms with Gasteiger partial charge in [-0.1, -0.05) is 42.0 Å². The van der Waals surface area contributed by atoms with Crippen LogP contribution in [0, 0.1) is 11.7 Å². The van der Waals surface area contributed by atoms with Crippen molar-refractivity contribution in [3.05, 3.63) is 101 Å². The summed E-state index contributed by atoms with van der Waals surface area (Å²) < 4.78 is 62.4. The largest absolute Gasteiger partial charge is 0.435 e. The van der Waals surface area contributed by atoms with Crippen molar-refractivity contribution in [2.45, 2.75) is 39.0 Å². The van der Waals surface area contributed by atoms with Crippen LogP contribution in [0.1, 0.15) is 60.1 Å². The minimum atomic E-state index is -4.78. The summed E-state index contributed by atoms with van der Waals surface area (Å²) >= 11 is 0. The molecular formula is C29H30F4N4O2. The third-order valence-electron chi connectivity index (χ3n) is 6.27. The smallest absolute Gasteiger partial charge is 0.368 e. The van der Waals surface area contributed by atoms with E-state index in [0.717, 1.165) is 29.2 Å². The van der Waals surface area contributed by atoms with Crippen LogP contribution in [-0.4, -0.2) is 28.8 Å². The molecule has 0 radical (unpaired) electrons. The van der Waals surface area contributed by atoms with Crippen LogP contribution in [-0.2, 0) is 10.9 Å². The van der Waals surface area contributed by atoms with Crippen molar-refractivity contribution in [3.63, 3.8) is 0 Å². The molecule has 1 aromatic heterocycles. The van der Waals surface area contributed by atoms with Gasteiger partial charge in [0.1, 0.15) is 17.6 Å². The molecule has 4 rings (SSSR count). The van der Waals surface area contributed by atoms with E-state index < -0.39 is 29.7 Å². The summed E-state index contributed by atoms with van der Waals surface area (Å²) in [5.74, 6) is -1.05. The monoisotopic (exact) mass is 542 g/mol. The van der Waals surface area contributed by atoms with Crippen molar-refractivity contribution in [1.29, 1.82) is 0 Å². The number of amides is 1. The molecule has 0 saturated heterocycles. The quantitative estimate of drug-likeness (QED) is 0.224. The molecular weight excluding hydrogens is 512 g/mol. The maximum absolute atomic E-state index is 14.8. The number of ether oxygens (including phenoxy) is 1. The summed E-state index contributed by atoms with van der Waals surface area (Å²) in [5.41, 5.74) is 6.29. The van der Waals surface area contributed by atoms with E-state index in [4.69, 9.17) is 10.5 Å². The van der Waals surface area contributed by atoms with E-state index in [-0.39, 0.29) is 23.6 Å². The highest BCUT2D eigenvalue weighted by Gasteiger charge is 2.36. The zero-order valence-electron chi connectivity index (χ0n) is 21.6. The third kappa shape index (κ3) is 7.21. The van der Waals surface area contributed by atoms with E-state index in [2.05, 4.69) is 10.4 Å². The first-order valence-electron chi connectivity index (χ1n) is 12.6. The second-order valence-corrected chi connectivity index (χ2v) is 9.53. The molecule has 10 heteroatoms. The SMILES string of the molecule is C/C=C(\C=C(/C)CN)n1nc(C(F)(F)F)cc1C(=O)Nc1cc(F)cc(C(OCC2CC2)c2ccccc2)c1. The van der Waals surface area contributed by atoms with Crippen molar-refractivity contribution in [2.24, 2.45) is 11.7 Å². The number of halogens is 4. The maximum atomic E-state index is 14.8. The molecule has 1 aliphatic carbocycles. The third-order valence-corrected chi connectivity index (χ3v) is 6.27. The van der Waals surface area contributed by atoms with Crippen LogP contribution in [0.2, 0.25) is 0 Å². The molecule has 2 aromatic carbocycles. The number of hydrogen-bond donors (Lipinski definition) is 2. The predicted octanol–water partition coefficient (Wildman–Crippen LogP) is 6.58. The summed E-state index contributed by atoms with van der Waals surface area (Å²) in [6.45, 7) is 4.00. The van der Waals surface area contributed by atoms with E-state index in [1.807, 2.05) is 30.3 Å². The van der Waals surface area contributed by atoms with Gasteiger partial charge in [-0.15, -0.1) is 0 Å². The van der Waals surface area contributed by atoms with Crippen LogP contribution in [0.3, 0.4) is 0 Å². The molecule has 0 bridgehead atoms.